The number of nitrogens with two attached hydrogens (primary N) is 1. The second-order valence-electron chi connectivity index (χ2n) is 3.84. The predicted molar refractivity (Wildman–Crippen MR) is 78.0 cm³/mol. The molecule has 2 aromatic carbocycles. The van der Waals surface area contributed by atoms with E-state index < -0.39 is 0 Å². The fourth-order valence-corrected chi connectivity index (χ4v) is 2.25. The first-order valence-electron chi connectivity index (χ1n) is 5.14. The highest BCUT2D eigenvalue weighted by molar-refractivity contribution is 9.10. The number of halogens is 2. The molecule has 0 aromatic heterocycles. The number of anilines is 3. The van der Waals surface area contributed by atoms with Crippen LogP contribution in [-0.4, -0.2) is 0 Å². The van der Waals surface area contributed by atoms with Crippen molar-refractivity contribution in [1.29, 1.82) is 0 Å². The lowest BCUT2D eigenvalue weighted by molar-refractivity contribution is 1.45. The van der Waals surface area contributed by atoms with Gasteiger partial charge in [0.05, 0.1) is 22.1 Å². The second-order valence-corrected chi connectivity index (χ2v) is 5.16. The number of aryl methyl sites for hydroxylation is 1. The molecule has 0 unspecified atom stereocenters. The lowest BCUT2D eigenvalue weighted by atomic mass is 10.2. The average molecular weight is 312 g/mol. The zero-order valence-corrected chi connectivity index (χ0v) is 11.6. The maximum Gasteiger partial charge on any atom is 0.0652 e. The van der Waals surface area contributed by atoms with Crippen LogP contribution < -0.4 is 11.1 Å². The third-order valence-electron chi connectivity index (χ3n) is 2.41. The highest BCUT2D eigenvalue weighted by Crippen LogP contribution is 2.30. The number of nitrogens with one attached hydrogen (secondary N) is 1. The van der Waals surface area contributed by atoms with E-state index in [1.165, 1.54) is 0 Å². The molecule has 0 aliphatic carbocycles. The van der Waals surface area contributed by atoms with Gasteiger partial charge in [0.1, 0.15) is 0 Å². The van der Waals surface area contributed by atoms with Crippen LogP contribution >= 0.6 is 27.5 Å². The van der Waals surface area contributed by atoms with Crippen molar-refractivity contribution < 1.29 is 0 Å². The van der Waals surface area contributed by atoms with E-state index >= 15 is 0 Å². The third-order valence-corrected chi connectivity index (χ3v) is 3.21. The zero-order chi connectivity index (χ0) is 12.4. The van der Waals surface area contributed by atoms with E-state index in [1.54, 1.807) is 0 Å². The normalized spacial score (nSPS) is 10.3. The molecule has 0 atom stereocenters. The first-order valence-corrected chi connectivity index (χ1v) is 6.31. The summed E-state index contributed by atoms with van der Waals surface area (Å²) in [5.41, 5.74) is 9.48. The minimum atomic E-state index is 0.652. The van der Waals surface area contributed by atoms with E-state index in [-0.39, 0.29) is 0 Å². The van der Waals surface area contributed by atoms with E-state index in [9.17, 15) is 0 Å². The van der Waals surface area contributed by atoms with Crippen molar-refractivity contribution >= 4 is 44.6 Å². The number of rotatable bonds is 2. The summed E-state index contributed by atoms with van der Waals surface area (Å²) in [7, 11) is 0. The van der Waals surface area contributed by atoms with E-state index in [0.717, 1.165) is 21.4 Å². The maximum absolute atomic E-state index is 6.13. The summed E-state index contributed by atoms with van der Waals surface area (Å²) >= 11 is 9.50. The van der Waals surface area contributed by atoms with Crippen LogP contribution in [0.3, 0.4) is 0 Å². The molecule has 0 aliphatic heterocycles. The molecule has 0 bridgehead atoms. The molecule has 0 fully saturated rings. The van der Waals surface area contributed by atoms with Gasteiger partial charge in [-0.3, -0.25) is 0 Å². The summed E-state index contributed by atoms with van der Waals surface area (Å²) in [6, 6.07) is 11.6. The molecule has 4 heteroatoms. The van der Waals surface area contributed by atoms with Crippen molar-refractivity contribution in [3.63, 3.8) is 0 Å². The van der Waals surface area contributed by atoms with Crippen molar-refractivity contribution in [1.82, 2.24) is 0 Å². The van der Waals surface area contributed by atoms with E-state index in [2.05, 4.69) is 21.2 Å². The summed E-state index contributed by atoms with van der Waals surface area (Å²) in [6.45, 7) is 2.01. The van der Waals surface area contributed by atoms with Gasteiger partial charge in [-0.05, 0) is 42.8 Å². The first-order chi connectivity index (χ1) is 8.06. The van der Waals surface area contributed by atoms with Gasteiger partial charge in [-0.1, -0.05) is 33.6 Å². The van der Waals surface area contributed by atoms with E-state index in [4.69, 9.17) is 17.3 Å². The third kappa shape index (κ3) is 2.93. The summed E-state index contributed by atoms with van der Waals surface area (Å²) in [5.74, 6) is 0. The summed E-state index contributed by atoms with van der Waals surface area (Å²) in [6.07, 6.45) is 0. The highest BCUT2D eigenvalue weighted by atomic mass is 79.9. The largest absolute Gasteiger partial charge is 0.397 e. The molecule has 0 heterocycles. The molecule has 2 nitrogen and oxygen atoms in total. The zero-order valence-electron chi connectivity index (χ0n) is 9.30. The number of benzene rings is 2. The predicted octanol–water partition coefficient (Wildman–Crippen LogP) is 4.74. The van der Waals surface area contributed by atoms with Gasteiger partial charge in [0.15, 0.2) is 0 Å². The van der Waals surface area contributed by atoms with Crippen LogP contribution in [0.25, 0.3) is 0 Å². The van der Waals surface area contributed by atoms with Gasteiger partial charge in [0.25, 0.3) is 0 Å². The first kappa shape index (κ1) is 12.3. The summed E-state index contributed by atoms with van der Waals surface area (Å²) in [5, 5.41) is 3.87. The van der Waals surface area contributed by atoms with Gasteiger partial charge in [-0.2, -0.15) is 0 Å². The minimum absolute atomic E-state index is 0.652. The van der Waals surface area contributed by atoms with Crippen LogP contribution in [0.1, 0.15) is 5.56 Å². The molecule has 2 rings (SSSR count). The molecule has 0 spiro atoms. The highest BCUT2D eigenvalue weighted by Gasteiger charge is 2.04. The van der Waals surface area contributed by atoms with Crippen molar-refractivity contribution in [3.8, 4) is 0 Å². The van der Waals surface area contributed by atoms with Gasteiger partial charge >= 0.3 is 0 Å². The molecular weight excluding hydrogens is 300 g/mol. The molecular formula is C13H12BrClN2. The molecule has 17 heavy (non-hydrogen) atoms. The van der Waals surface area contributed by atoms with Crippen LogP contribution in [0, 0.1) is 6.92 Å². The van der Waals surface area contributed by atoms with Crippen molar-refractivity contribution in [2.45, 2.75) is 6.92 Å². The Labute approximate surface area is 114 Å². The fraction of sp³-hybridized carbons (Fsp3) is 0.0769. The number of hydrogen-bond acceptors (Lipinski definition) is 2. The Morgan fingerprint density at radius 2 is 1.82 bits per heavy atom. The molecule has 0 saturated carbocycles. The molecule has 2 aromatic rings. The number of hydrogen-bond donors (Lipinski definition) is 2. The van der Waals surface area contributed by atoms with Gasteiger partial charge in [0.2, 0.25) is 0 Å². The Morgan fingerprint density at radius 1 is 1.12 bits per heavy atom. The van der Waals surface area contributed by atoms with E-state index in [0.29, 0.717) is 10.7 Å². The minimum Gasteiger partial charge on any atom is -0.397 e. The smallest absolute Gasteiger partial charge is 0.0652 e. The Kier molecular flexibility index (Phi) is 3.60. The Balaban J connectivity index is 2.31. The van der Waals surface area contributed by atoms with Crippen LogP contribution in [0.4, 0.5) is 17.1 Å². The quantitative estimate of drug-likeness (QED) is 0.786. The molecule has 88 valence electrons. The Morgan fingerprint density at radius 3 is 2.47 bits per heavy atom. The lowest BCUT2D eigenvalue weighted by Crippen LogP contribution is -1.97. The topological polar surface area (TPSA) is 38.0 Å². The van der Waals surface area contributed by atoms with Crippen molar-refractivity contribution in [2.24, 2.45) is 0 Å². The molecule has 0 radical (unpaired) electrons. The van der Waals surface area contributed by atoms with Crippen LogP contribution in [0.15, 0.2) is 40.9 Å². The number of nitrogen functional groups attached to an aromatic ring is 1. The molecule has 0 saturated heterocycles. The van der Waals surface area contributed by atoms with Crippen molar-refractivity contribution in [2.75, 3.05) is 11.1 Å². The Bertz CT molecular complexity index is 506. The lowest BCUT2D eigenvalue weighted by Gasteiger charge is -2.11. The molecule has 0 aliphatic rings. The van der Waals surface area contributed by atoms with E-state index in [1.807, 2.05) is 43.3 Å². The average Bonchev–Trinajstić information content (AvgIpc) is 2.25. The van der Waals surface area contributed by atoms with Crippen LogP contribution in [0.5, 0.6) is 0 Å². The summed E-state index contributed by atoms with van der Waals surface area (Å²) in [4.78, 5) is 0. The standard InChI is InChI=1S/C13H12BrClN2/c1-8-2-4-13(11(16)6-8)17-12-5-3-9(14)7-10(12)15/h2-7,17H,16H2,1H3. The fourth-order valence-electron chi connectivity index (χ4n) is 1.53. The van der Waals surface area contributed by atoms with Gasteiger partial charge in [-0.25, -0.2) is 0 Å². The van der Waals surface area contributed by atoms with Gasteiger partial charge < -0.3 is 11.1 Å². The van der Waals surface area contributed by atoms with Gasteiger partial charge in [-0.15, -0.1) is 0 Å². The molecule has 3 N–H and O–H groups in total. The van der Waals surface area contributed by atoms with Gasteiger partial charge in [0, 0.05) is 4.47 Å². The maximum atomic E-state index is 6.13. The Hall–Kier alpha value is -1.19. The second kappa shape index (κ2) is 4.98. The monoisotopic (exact) mass is 310 g/mol. The summed E-state index contributed by atoms with van der Waals surface area (Å²) < 4.78 is 0.949. The van der Waals surface area contributed by atoms with Crippen molar-refractivity contribution in [3.05, 3.63) is 51.5 Å². The molecule has 0 amide bonds. The van der Waals surface area contributed by atoms with Crippen LogP contribution in [0.2, 0.25) is 5.02 Å². The van der Waals surface area contributed by atoms with Crippen LogP contribution in [-0.2, 0) is 0 Å². The SMILES string of the molecule is Cc1ccc(Nc2ccc(Br)cc2Cl)c(N)c1.